The SMILES string of the molecule is Cc1cc(S)[n+]([O-])cc1C. The summed E-state index contributed by atoms with van der Waals surface area (Å²) in [6.45, 7) is 3.85. The van der Waals surface area contributed by atoms with Crippen LogP contribution in [0.1, 0.15) is 11.1 Å². The Bertz CT molecular complexity index is 210. The van der Waals surface area contributed by atoms with Gasteiger partial charge in [0.1, 0.15) is 0 Å². The van der Waals surface area contributed by atoms with Crippen molar-refractivity contribution >= 4 is 12.6 Å². The highest BCUT2D eigenvalue weighted by Crippen LogP contribution is 2.06. The van der Waals surface area contributed by atoms with E-state index in [1.54, 1.807) is 6.07 Å². The molecule has 1 heterocycles. The maximum atomic E-state index is 10.8. The molecular formula is C7H9NOS. The van der Waals surface area contributed by atoms with Crippen LogP contribution in [0.4, 0.5) is 0 Å². The van der Waals surface area contributed by atoms with Gasteiger partial charge in [0.15, 0.2) is 6.20 Å². The Labute approximate surface area is 65.5 Å². The zero-order chi connectivity index (χ0) is 7.72. The first-order valence-corrected chi connectivity index (χ1v) is 3.45. The molecule has 0 N–H and O–H groups in total. The lowest BCUT2D eigenvalue weighted by Crippen LogP contribution is -2.28. The summed E-state index contributed by atoms with van der Waals surface area (Å²) in [5.41, 5.74) is 2.09. The molecule has 0 aliphatic carbocycles. The van der Waals surface area contributed by atoms with E-state index in [9.17, 15) is 5.21 Å². The largest absolute Gasteiger partial charge is 0.618 e. The quantitative estimate of drug-likeness (QED) is 0.340. The number of thiol groups is 1. The minimum absolute atomic E-state index is 0.447. The minimum atomic E-state index is 0.447. The predicted octanol–water partition coefficient (Wildman–Crippen LogP) is 1.23. The number of aryl methyl sites for hydroxylation is 2. The Morgan fingerprint density at radius 3 is 2.50 bits per heavy atom. The predicted molar refractivity (Wildman–Crippen MR) is 42.1 cm³/mol. The van der Waals surface area contributed by atoms with Crippen LogP contribution in [0, 0.1) is 19.1 Å². The van der Waals surface area contributed by atoms with E-state index in [0.717, 1.165) is 15.9 Å². The van der Waals surface area contributed by atoms with Crippen molar-refractivity contribution in [3.05, 3.63) is 28.6 Å². The van der Waals surface area contributed by atoms with E-state index in [0.29, 0.717) is 5.03 Å². The van der Waals surface area contributed by atoms with Crippen LogP contribution < -0.4 is 4.73 Å². The lowest BCUT2D eigenvalue weighted by molar-refractivity contribution is -0.645. The fraction of sp³-hybridized carbons (Fsp3) is 0.286. The van der Waals surface area contributed by atoms with Gasteiger partial charge in [-0.05, 0) is 19.4 Å². The van der Waals surface area contributed by atoms with Gasteiger partial charge in [-0.1, -0.05) is 12.6 Å². The number of hydrogen-bond acceptors (Lipinski definition) is 2. The van der Waals surface area contributed by atoms with Gasteiger partial charge in [-0.2, -0.15) is 4.73 Å². The van der Waals surface area contributed by atoms with Crippen molar-refractivity contribution in [3.63, 3.8) is 0 Å². The Balaban J connectivity index is 3.28. The molecule has 0 bridgehead atoms. The molecule has 0 spiro atoms. The van der Waals surface area contributed by atoms with Crippen molar-refractivity contribution in [2.75, 3.05) is 0 Å². The third kappa shape index (κ3) is 1.24. The fourth-order valence-electron chi connectivity index (χ4n) is 0.715. The van der Waals surface area contributed by atoms with E-state index >= 15 is 0 Å². The molecule has 0 radical (unpaired) electrons. The highest BCUT2D eigenvalue weighted by molar-refractivity contribution is 7.80. The van der Waals surface area contributed by atoms with Gasteiger partial charge in [0.25, 0.3) is 0 Å². The molecule has 54 valence electrons. The number of aromatic nitrogens is 1. The highest BCUT2D eigenvalue weighted by atomic mass is 32.1. The van der Waals surface area contributed by atoms with Crippen molar-refractivity contribution in [2.24, 2.45) is 0 Å². The third-order valence-corrected chi connectivity index (χ3v) is 1.83. The average molecular weight is 155 g/mol. The summed E-state index contributed by atoms with van der Waals surface area (Å²) in [5, 5.41) is 11.3. The first-order valence-electron chi connectivity index (χ1n) is 3.00. The van der Waals surface area contributed by atoms with E-state index in [-0.39, 0.29) is 0 Å². The summed E-state index contributed by atoms with van der Waals surface area (Å²) in [6, 6.07) is 1.76. The van der Waals surface area contributed by atoms with E-state index in [4.69, 9.17) is 0 Å². The van der Waals surface area contributed by atoms with Crippen molar-refractivity contribution in [1.82, 2.24) is 0 Å². The van der Waals surface area contributed by atoms with Gasteiger partial charge in [-0.25, -0.2) is 0 Å². The fourth-order valence-corrected chi connectivity index (χ4v) is 0.966. The van der Waals surface area contributed by atoms with Crippen molar-refractivity contribution in [1.29, 1.82) is 0 Å². The monoisotopic (exact) mass is 155 g/mol. The zero-order valence-corrected chi connectivity index (χ0v) is 6.85. The molecule has 0 saturated carbocycles. The number of hydrogen-bond donors (Lipinski definition) is 1. The topological polar surface area (TPSA) is 26.9 Å². The molecule has 0 saturated heterocycles. The van der Waals surface area contributed by atoms with Crippen LogP contribution in [-0.4, -0.2) is 0 Å². The van der Waals surface area contributed by atoms with Gasteiger partial charge < -0.3 is 5.21 Å². The van der Waals surface area contributed by atoms with Crippen LogP contribution in [0.2, 0.25) is 0 Å². The summed E-state index contributed by atoms with van der Waals surface area (Å²) in [6.07, 6.45) is 1.53. The molecule has 0 fully saturated rings. The lowest BCUT2D eigenvalue weighted by atomic mass is 10.2. The Kier molecular flexibility index (Phi) is 1.85. The summed E-state index contributed by atoms with van der Waals surface area (Å²) in [4.78, 5) is 0. The van der Waals surface area contributed by atoms with Gasteiger partial charge in [0.05, 0.1) is 0 Å². The molecule has 0 amide bonds. The molecule has 3 heteroatoms. The summed E-state index contributed by atoms with van der Waals surface area (Å²) in [5.74, 6) is 0. The molecule has 10 heavy (non-hydrogen) atoms. The van der Waals surface area contributed by atoms with Crippen LogP contribution in [0.15, 0.2) is 17.3 Å². The maximum Gasteiger partial charge on any atom is 0.248 e. The van der Waals surface area contributed by atoms with Gasteiger partial charge in [0, 0.05) is 11.6 Å². The molecule has 2 nitrogen and oxygen atoms in total. The van der Waals surface area contributed by atoms with Crippen LogP contribution in [0.5, 0.6) is 0 Å². The standard InChI is InChI=1S/C7H9NOS/c1-5-3-7(10)8(9)4-6(5)2/h3-4,10H,1-2H3. The molecule has 1 rings (SSSR count). The third-order valence-electron chi connectivity index (χ3n) is 1.50. The van der Waals surface area contributed by atoms with Gasteiger partial charge in [-0.3, -0.25) is 0 Å². The first-order chi connectivity index (χ1) is 4.61. The van der Waals surface area contributed by atoms with Crippen molar-refractivity contribution in [2.45, 2.75) is 18.9 Å². The molecule has 1 aromatic heterocycles. The molecule has 0 unspecified atom stereocenters. The van der Waals surface area contributed by atoms with E-state index in [2.05, 4.69) is 12.6 Å². The molecule has 0 aliphatic heterocycles. The Morgan fingerprint density at radius 2 is 2.00 bits per heavy atom. The molecule has 0 aliphatic rings. The number of pyridine rings is 1. The van der Waals surface area contributed by atoms with Crippen molar-refractivity contribution in [3.8, 4) is 0 Å². The zero-order valence-electron chi connectivity index (χ0n) is 5.96. The van der Waals surface area contributed by atoms with Gasteiger partial charge >= 0.3 is 0 Å². The first kappa shape index (κ1) is 7.41. The van der Waals surface area contributed by atoms with Gasteiger partial charge in [-0.15, -0.1) is 0 Å². The summed E-state index contributed by atoms with van der Waals surface area (Å²) in [7, 11) is 0. The van der Waals surface area contributed by atoms with Crippen LogP contribution >= 0.6 is 12.6 Å². The van der Waals surface area contributed by atoms with Gasteiger partial charge in [0.2, 0.25) is 5.03 Å². The molecule has 1 aromatic rings. The van der Waals surface area contributed by atoms with Crippen LogP contribution in [-0.2, 0) is 0 Å². The molecule has 0 atom stereocenters. The van der Waals surface area contributed by atoms with E-state index in [1.807, 2.05) is 13.8 Å². The van der Waals surface area contributed by atoms with Crippen LogP contribution in [0.25, 0.3) is 0 Å². The Morgan fingerprint density at radius 1 is 1.40 bits per heavy atom. The average Bonchev–Trinajstić information content (AvgIpc) is 1.84. The lowest BCUT2D eigenvalue weighted by Gasteiger charge is -2.01. The smallest absolute Gasteiger partial charge is 0.248 e. The van der Waals surface area contributed by atoms with Crippen molar-refractivity contribution < 1.29 is 4.73 Å². The number of nitrogens with zero attached hydrogens (tertiary/aromatic N) is 1. The van der Waals surface area contributed by atoms with Crippen LogP contribution in [0.3, 0.4) is 0 Å². The second-order valence-corrected chi connectivity index (χ2v) is 2.78. The van der Waals surface area contributed by atoms with E-state index < -0.39 is 0 Å². The highest BCUT2D eigenvalue weighted by Gasteiger charge is 2.01. The minimum Gasteiger partial charge on any atom is -0.618 e. The number of rotatable bonds is 0. The summed E-state index contributed by atoms with van der Waals surface area (Å²) >= 11 is 3.97. The maximum absolute atomic E-state index is 10.8. The Hall–Kier alpha value is -0.700. The molecular weight excluding hydrogens is 146 g/mol. The second kappa shape index (κ2) is 2.50. The normalized spacial score (nSPS) is 9.90. The second-order valence-electron chi connectivity index (χ2n) is 2.32. The van der Waals surface area contributed by atoms with E-state index in [1.165, 1.54) is 6.20 Å². The molecule has 0 aromatic carbocycles. The summed E-state index contributed by atoms with van der Waals surface area (Å²) < 4.78 is 0.755.